The zero-order valence-electron chi connectivity index (χ0n) is 15.8. The normalized spacial score (nSPS) is 13.5. The predicted molar refractivity (Wildman–Crippen MR) is 110 cm³/mol. The van der Waals surface area contributed by atoms with Crippen molar-refractivity contribution >= 4 is 34.0 Å². The number of hydrogen-bond donors (Lipinski definition) is 3. The molecule has 1 atom stereocenters. The van der Waals surface area contributed by atoms with Gasteiger partial charge in [-0.15, -0.1) is 0 Å². The number of rotatable bonds is 6. The van der Waals surface area contributed by atoms with Crippen LogP contribution in [-0.2, 0) is 4.79 Å². The van der Waals surface area contributed by atoms with Crippen LogP contribution in [0.2, 0.25) is 0 Å². The number of fused-ring (bicyclic) bond motifs is 1. The van der Waals surface area contributed by atoms with E-state index in [1.807, 2.05) is 13.8 Å². The van der Waals surface area contributed by atoms with Crippen molar-refractivity contribution in [3.63, 3.8) is 0 Å². The average Bonchev–Trinajstić information content (AvgIpc) is 3.16. The summed E-state index contributed by atoms with van der Waals surface area (Å²) >= 11 is 3.21. The van der Waals surface area contributed by atoms with Crippen molar-refractivity contribution in [1.29, 1.82) is 0 Å². The Morgan fingerprint density at radius 1 is 1.17 bits per heavy atom. The van der Waals surface area contributed by atoms with Gasteiger partial charge in [0.1, 0.15) is 11.8 Å². The van der Waals surface area contributed by atoms with E-state index in [1.54, 1.807) is 30.3 Å². The van der Waals surface area contributed by atoms with E-state index in [1.165, 1.54) is 12.3 Å². The van der Waals surface area contributed by atoms with E-state index in [0.29, 0.717) is 27.1 Å². The van der Waals surface area contributed by atoms with Gasteiger partial charge in [-0.2, -0.15) is 5.10 Å². The van der Waals surface area contributed by atoms with Crippen LogP contribution in [0, 0.1) is 5.92 Å². The first-order valence-corrected chi connectivity index (χ1v) is 9.66. The van der Waals surface area contributed by atoms with Crippen LogP contribution in [0.3, 0.4) is 0 Å². The molecular formula is C20H20BrN3O5. The molecule has 0 fully saturated rings. The molecule has 2 aromatic carbocycles. The molecule has 9 heteroatoms. The number of hydrogen-bond acceptors (Lipinski definition) is 6. The summed E-state index contributed by atoms with van der Waals surface area (Å²) in [4.78, 5) is 25.1. The molecule has 1 aliphatic rings. The molecule has 3 N–H and O–H groups in total. The number of carbonyl (C=O) groups is 2. The third-order valence-electron chi connectivity index (χ3n) is 4.23. The smallest absolute Gasteiger partial charge is 0.262 e. The maximum Gasteiger partial charge on any atom is 0.262 e. The van der Waals surface area contributed by atoms with Gasteiger partial charge in [0.05, 0.1) is 10.7 Å². The van der Waals surface area contributed by atoms with Crippen molar-refractivity contribution in [2.45, 2.75) is 19.9 Å². The van der Waals surface area contributed by atoms with Crippen molar-refractivity contribution < 1.29 is 24.2 Å². The number of carbonyl (C=O) groups excluding carboxylic acids is 2. The average molecular weight is 462 g/mol. The number of benzene rings is 2. The Balaban J connectivity index is 1.64. The van der Waals surface area contributed by atoms with E-state index >= 15 is 0 Å². The summed E-state index contributed by atoms with van der Waals surface area (Å²) < 4.78 is 11.0. The van der Waals surface area contributed by atoms with Crippen LogP contribution in [-0.4, -0.2) is 36.0 Å². The van der Waals surface area contributed by atoms with Crippen LogP contribution < -0.4 is 20.2 Å². The summed E-state index contributed by atoms with van der Waals surface area (Å²) in [5.74, 6) is 0.179. The van der Waals surface area contributed by atoms with Crippen molar-refractivity contribution in [2.75, 3.05) is 6.79 Å². The minimum absolute atomic E-state index is 0.109. The largest absolute Gasteiger partial charge is 0.507 e. The summed E-state index contributed by atoms with van der Waals surface area (Å²) in [7, 11) is 0. The number of nitrogens with one attached hydrogen (secondary N) is 2. The minimum atomic E-state index is -0.781. The second-order valence-electron chi connectivity index (χ2n) is 6.71. The third kappa shape index (κ3) is 5.05. The standard InChI is InChI=1S/C20H20BrN3O5/c1-11(2)18(20(27)24-22-9-12-3-5-15(25)14(21)7-12)23-19(26)13-4-6-16-17(8-13)29-10-28-16/h3-9,11,18,25H,10H2,1-2H3,(H,23,26)(H,24,27)/b22-9-/t18-/m0/s1. The van der Waals surface area contributed by atoms with E-state index in [0.717, 1.165) is 0 Å². The van der Waals surface area contributed by atoms with Crippen molar-refractivity contribution in [3.05, 3.63) is 52.0 Å². The third-order valence-corrected chi connectivity index (χ3v) is 4.87. The topological polar surface area (TPSA) is 109 Å². The highest BCUT2D eigenvalue weighted by molar-refractivity contribution is 9.10. The van der Waals surface area contributed by atoms with Crippen LogP contribution in [0.15, 0.2) is 46.0 Å². The molecule has 0 aromatic heterocycles. The van der Waals surface area contributed by atoms with Gasteiger partial charge < -0.3 is 19.9 Å². The van der Waals surface area contributed by atoms with Gasteiger partial charge in [-0.1, -0.05) is 13.8 Å². The Morgan fingerprint density at radius 3 is 2.66 bits per heavy atom. The number of amides is 2. The van der Waals surface area contributed by atoms with Gasteiger partial charge in [0.25, 0.3) is 11.8 Å². The Hall–Kier alpha value is -3.07. The summed E-state index contributed by atoms with van der Waals surface area (Å²) in [6.07, 6.45) is 1.44. The quantitative estimate of drug-likeness (QED) is 0.452. The number of ether oxygens (including phenoxy) is 2. The molecule has 0 saturated carbocycles. The van der Waals surface area contributed by atoms with Gasteiger partial charge in [0.2, 0.25) is 6.79 Å². The number of phenolic OH excluding ortho intramolecular Hbond substituents is 1. The van der Waals surface area contributed by atoms with Gasteiger partial charge in [-0.3, -0.25) is 9.59 Å². The lowest BCUT2D eigenvalue weighted by molar-refractivity contribution is -0.123. The van der Waals surface area contributed by atoms with Gasteiger partial charge in [0.15, 0.2) is 11.5 Å². The van der Waals surface area contributed by atoms with Crippen LogP contribution in [0.4, 0.5) is 0 Å². The van der Waals surface area contributed by atoms with Crippen molar-refractivity contribution in [3.8, 4) is 17.2 Å². The molecule has 29 heavy (non-hydrogen) atoms. The Kier molecular flexibility index (Phi) is 6.38. The Labute approximate surface area is 176 Å². The summed E-state index contributed by atoms with van der Waals surface area (Å²) in [5.41, 5.74) is 3.49. The van der Waals surface area contributed by atoms with Gasteiger partial charge >= 0.3 is 0 Å². The molecule has 0 radical (unpaired) electrons. The fourth-order valence-electron chi connectivity index (χ4n) is 2.64. The summed E-state index contributed by atoms with van der Waals surface area (Å²) in [5, 5.41) is 16.2. The highest BCUT2D eigenvalue weighted by atomic mass is 79.9. The van der Waals surface area contributed by atoms with Gasteiger partial charge in [-0.05, 0) is 63.8 Å². The molecule has 0 unspecified atom stereocenters. The van der Waals surface area contributed by atoms with Gasteiger partial charge in [0, 0.05) is 5.56 Å². The molecule has 0 spiro atoms. The SMILES string of the molecule is CC(C)[C@H](NC(=O)c1ccc2c(c1)OCO2)C(=O)N/N=C\c1ccc(O)c(Br)c1. The Morgan fingerprint density at radius 2 is 1.93 bits per heavy atom. The molecule has 2 amide bonds. The predicted octanol–water partition coefficient (Wildman–Crippen LogP) is 2.79. The van der Waals surface area contributed by atoms with Crippen molar-refractivity contribution in [2.24, 2.45) is 11.0 Å². The fraction of sp³-hybridized carbons (Fsp3) is 0.250. The molecule has 0 saturated heterocycles. The number of aromatic hydroxyl groups is 1. The zero-order valence-corrected chi connectivity index (χ0v) is 17.4. The number of hydrazone groups is 1. The monoisotopic (exact) mass is 461 g/mol. The van der Waals surface area contributed by atoms with Gasteiger partial charge in [-0.25, -0.2) is 5.43 Å². The minimum Gasteiger partial charge on any atom is -0.507 e. The van der Waals surface area contributed by atoms with E-state index in [4.69, 9.17) is 9.47 Å². The molecule has 152 valence electrons. The molecule has 0 aliphatic carbocycles. The molecule has 8 nitrogen and oxygen atoms in total. The molecule has 1 aliphatic heterocycles. The number of phenols is 1. The van der Waals surface area contributed by atoms with E-state index in [2.05, 4.69) is 31.8 Å². The van der Waals surface area contributed by atoms with Crippen LogP contribution >= 0.6 is 15.9 Å². The molecule has 3 rings (SSSR count). The number of nitrogens with zero attached hydrogens (tertiary/aromatic N) is 1. The molecule has 2 aromatic rings. The summed E-state index contributed by atoms with van der Waals surface area (Å²) in [6.45, 7) is 3.77. The number of halogens is 1. The van der Waals surface area contributed by atoms with E-state index < -0.39 is 17.9 Å². The second kappa shape index (κ2) is 8.95. The van der Waals surface area contributed by atoms with Crippen LogP contribution in [0.5, 0.6) is 17.2 Å². The van der Waals surface area contributed by atoms with Crippen LogP contribution in [0.25, 0.3) is 0 Å². The molecule has 1 heterocycles. The van der Waals surface area contributed by atoms with Crippen LogP contribution in [0.1, 0.15) is 29.8 Å². The lowest BCUT2D eigenvalue weighted by Gasteiger charge is -2.20. The highest BCUT2D eigenvalue weighted by Crippen LogP contribution is 2.32. The first-order valence-electron chi connectivity index (χ1n) is 8.87. The maximum absolute atomic E-state index is 12.6. The lowest BCUT2D eigenvalue weighted by Crippen LogP contribution is -2.48. The zero-order chi connectivity index (χ0) is 21.0. The maximum atomic E-state index is 12.6. The van der Waals surface area contributed by atoms with E-state index in [9.17, 15) is 14.7 Å². The van der Waals surface area contributed by atoms with Crippen molar-refractivity contribution in [1.82, 2.24) is 10.7 Å². The first-order chi connectivity index (χ1) is 13.8. The van der Waals surface area contributed by atoms with E-state index in [-0.39, 0.29) is 18.5 Å². The second-order valence-corrected chi connectivity index (χ2v) is 7.56. The summed E-state index contributed by atoms with van der Waals surface area (Å²) in [6, 6.07) is 8.88. The Bertz CT molecular complexity index is 961. The fourth-order valence-corrected chi connectivity index (χ4v) is 3.04. The lowest BCUT2D eigenvalue weighted by atomic mass is 10.0. The first kappa shape index (κ1) is 20.7. The molecular weight excluding hydrogens is 442 g/mol. The molecule has 0 bridgehead atoms. The highest BCUT2D eigenvalue weighted by Gasteiger charge is 2.25.